The average molecular weight is 246 g/mol. The number of hydrogen-bond acceptors (Lipinski definition) is 4. The highest BCUT2D eigenvalue weighted by Crippen LogP contribution is 2.36. The summed E-state index contributed by atoms with van der Waals surface area (Å²) in [6.07, 6.45) is 2.67. The summed E-state index contributed by atoms with van der Waals surface area (Å²) < 4.78 is 3.79. The molecular formula is C9H12ClN3OS. The lowest BCUT2D eigenvalue weighted by atomic mass is 10.2. The maximum Gasteiger partial charge on any atom is 0.265 e. The zero-order valence-corrected chi connectivity index (χ0v) is 9.99. The third-order valence-corrected chi connectivity index (χ3v) is 3.86. The molecule has 1 aliphatic carbocycles. The molecule has 1 aromatic rings. The lowest BCUT2D eigenvalue weighted by Crippen LogP contribution is -2.38. The van der Waals surface area contributed by atoms with Crippen molar-refractivity contribution < 1.29 is 4.79 Å². The van der Waals surface area contributed by atoms with E-state index in [1.165, 1.54) is 0 Å². The topological polar surface area (TPSA) is 54.9 Å². The SMILES string of the molecule is CCc1nnsc1C(=O)NC1(CCl)CC1. The van der Waals surface area contributed by atoms with Crippen LogP contribution in [0.3, 0.4) is 0 Å². The highest BCUT2D eigenvalue weighted by molar-refractivity contribution is 7.08. The van der Waals surface area contributed by atoms with Crippen LogP contribution in [0, 0.1) is 0 Å². The molecule has 1 aliphatic rings. The first kappa shape index (κ1) is 10.8. The van der Waals surface area contributed by atoms with E-state index in [0.29, 0.717) is 10.8 Å². The summed E-state index contributed by atoms with van der Waals surface area (Å²) in [4.78, 5) is 12.5. The van der Waals surface area contributed by atoms with Crippen molar-refractivity contribution in [3.05, 3.63) is 10.6 Å². The lowest BCUT2D eigenvalue weighted by molar-refractivity contribution is 0.0939. The summed E-state index contributed by atoms with van der Waals surface area (Å²) in [5, 5.41) is 6.86. The lowest BCUT2D eigenvalue weighted by Gasteiger charge is -2.12. The number of rotatable bonds is 4. The van der Waals surface area contributed by atoms with Gasteiger partial charge in [-0.1, -0.05) is 11.4 Å². The number of alkyl halides is 1. The first-order chi connectivity index (χ1) is 7.21. The van der Waals surface area contributed by atoms with Crippen LogP contribution in [0.5, 0.6) is 0 Å². The number of halogens is 1. The van der Waals surface area contributed by atoms with E-state index in [1.54, 1.807) is 0 Å². The molecule has 82 valence electrons. The minimum absolute atomic E-state index is 0.0833. The molecule has 4 nitrogen and oxygen atoms in total. The van der Waals surface area contributed by atoms with E-state index in [9.17, 15) is 4.79 Å². The van der Waals surface area contributed by atoms with Gasteiger partial charge in [-0.05, 0) is 30.8 Å². The van der Waals surface area contributed by atoms with Crippen LogP contribution < -0.4 is 5.32 Å². The quantitative estimate of drug-likeness (QED) is 0.820. The van der Waals surface area contributed by atoms with Crippen molar-refractivity contribution in [3.8, 4) is 0 Å². The van der Waals surface area contributed by atoms with Crippen molar-refractivity contribution in [2.75, 3.05) is 5.88 Å². The van der Waals surface area contributed by atoms with Gasteiger partial charge in [0.25, 0.3) is 5.91 Å². The highest BCUT2D eigenvalue weighted by atomic mass is 35.5. The molecule has 2 rings (SSSR count). The molecule has 1 amide bonds. The maximum atomic E-state index is 11.9. The summed E-state index contributed by atoms with van der Waals surface area (Å²) in [7, 11) is 0. The van der Waals surface area contributed by atoms with Crippen LogP contribution in [-0.4, -0.2) is 26.9 Å². The smallest absolute Gasteiger partial charge is 0.265 e. The Morgan fingerprint density at radius 3 is 2.93 bits per heavy atom. The molecule has 0 unspecified atom stereocenters. The van der Waals surface area contributed by atoms with Crippen LogP contribution in [0.2, 0.25) is 0 Å². The minimum Gasteiger partial charge on any atom is -0.345 e. The van der Waals surface area contributed by atoms with E-state index in [4.69, 9.17) is 11.6 Å². The van der Waals surface area contributed by atoms with Gasteiger partial charge < -0.3 is 5.32 Å². The van der Waals surface area contributed by atoms with Gasteiger partial charge in [-0.3, -0.25) is 4.79 Å². The van der Waals surface area contributed by atoms with Crippen molar-refractivity contribution in [1.29, 1.82) is 0 Å². The minimum atomic E-state index is -0.159. The number of carbonyl (C=O) groups is 1. The Hall–Kier alpha value is -0.680. The summed E-state index contributed by atoms with van der Waals surface area (Å²) in [6.45, 7) is 1.96. The largest absolute Gasteiger partial charge is 0.345 e. The molecule has 1 aromatic heterocycles. The van der Waals surface area contributed by atoms with E-state index in [0.717, 1.165) is 36.5 Å². The van der Waals surface area contributed by atoms with Crippen molar-refractivity contribution in [2.45, 2.75) is 31.7 Å². The Bertz CT molecular complexity index is 375. The Kier molecular flexibility index (Phi) is 2.93. The van der Waals surface area contributed by atoms with E-state index >= 15 is 0 Å². The molecule has 6 heteroatoms. The van der Waals surface area contributed by atoms with Gasteiger partial charge in [0.2, 0.25) is 0 Å². The van der Waals surface area contributed by atoms with Crippen molar-refractivity contribution in [3.63, 3.8) is 0 Å². The van der Waals surface area contributed by atoms with Crippen LogP contribution in [0.4, 0.5) is 0 Å². The van der Waals surface area contributed by atoms with Gasteiger partial charge in [-0.2, -0.15) is 0 Å². The summed E-state index contributed by atoms with van der Waals surface area (Å²) >= 11 is 6.94. The molecule has 0 bridgehead atoms. The standard InChI is InChI=1S/C9H12ClN3OS/c1-2-6-7(15-13-12-6)8(14)11-9(5-10)3-4-9/h2-5H2,1H3,(H,11,14). The predicted molar refractivity (Wildman–Crippen MR) is 59.4 cm³/mol. The molecule has 15 heavy (non-hydrogen) atoms. The second-order valence-electron chi connectivity index (χ2n) is 3.77. The third-order valence-electron chi connectivity index (χ3n) is 2.58. The van der Waals surface area contributed by atoms with Gasteiger partial charge in [0.15, 0.2) is 0 Å². The molecule has 1 heterocycles. The van der Waals surface area contributed by atoms with Crippen molar-refractivity contribution in [1.82, 2.24) is 14.9 Å². The monoisotopic (exact) mass is 245 g/mol. The Labute approximate surface area is 97.2 Å². The summed E-state index contributed by atoms with van der Waals surface area (Å²) in [5.74, 6) is 0.395. The molecule has 1 N–H and O–H groups in total. The zero-order valence-electron chi connectivity index (χ0n) is 8.42. The number of nitrogens with zero attached hydrogens (tertiary/aromatic N) is 2. The number of carbonyl (C=O) groups excluding carboxylic acids is 1. The summed E-state index contributed by atoms with van der Waals surface area (Å²) in [6, 6.07) is 0. The fourth-order valence-corrected chi connectivity index (χ4v) is 2.33. The molecule has 0 radical (unpaired) electrons. The Morgan fingerprint density at radius 2 is 2.40 bits per heavy atom. The molecule has 0 spiro atoms. The van der Waals surface area contributed by atoms with Crippen LogP contribution in [0.15, 0.2) is 0 Å². The fraction of sp³-hybridized carbons (Fsp3) is 0.667. The number of aryl methyl sites for hydroxylation is 1. The van der Waals surface area contributed by atoms with Gasteiger partial charge in [0, 0.05) is 5.88 Å². The summed E-state index contributed by atoms with van der Waals surface area (Å²) in [5.41, 5.74) is 0.607. The van der Waals surface area contributed by atoms with Gasteiger partial charge in [0.05, 0.1) is 11.2 Å². The molecule has 0 aromatic carbocycles. The Morgan fingerprint density at radius 1 is 1.67 bits per heavy atom. The highest BCUT2D eigenvalue weighted by Gasteiger charge is 2.43. The second kappa shape index (κ2) is 4.06. The third kappa shape index (κ3) is 2.13. The molecule has 0 aliphatic heterocycles. The van der Waals surface area contributed by atoms with Gasteiger partial charge in [0.1, 0.15) is 4.88 Å². The zero-order chi connectivity index (χ0) is 10.9. The van der Waals surface area contributed by atoms with Crippen LogP contribution in [0.1, 0.15) is 35.1 Å². The van der Waals surface area contributed by atoms with Gasteiger partial charge in [-0.15, -0.1) is 16.7 Å². The normalized spacial score (nSPS) is 17.5. The van der Waals surface area contributed by atoms with E-state index in [-0.39, 0.29) is 11.4 Å². The average Bonchev–Trinajstić information content (AvgIpc) is 2.85. The number of amides is 1. The molecule has 0 atom stereocenters. The molecule has 1 fully saturated rings. The van der Waals surface area contributed by atoms with Crippen molar-refractivity contribution >= 4 is 29.0 Å². The molecule has 1 saturated carbocycles. The van der Waals surface area contributed by atoms with Crippen LogP contribution in [-0.2, 0) is 6.42 Å². The van der Waals surface area contributed by atoms with Crippen LogP contribution >= 0.6 is 23.1 Å². The number of hydrogen-bond donors (Lipinski definition) is 1. The maximum absolute atomic E-state index is 11.9. The molecule has 0 saturated heterocycles. The molecular weight excluding hydrogens is 234 g/mol. The first-order valence-electron chi connectivity index (χ1n) is 4.90. The number of aromatic nitrogens is 2. The fourth-order valence-electron chi connectivity index (χ4n) is 1.35. The van der Waals surface area contributed by atoms with E-state index < -0.39 is 0 Å². The van der Waals surface area contributed by atoms with Gasteiger partial charge >= 0.3 is 0 Å². The Balaban J connectivity index is 2.08. The van der Waals surface area contributed by atoms with Crippen molar-refractivity contribution in [2.24, 2.45) is 0 Å². The predicted octanol–water partition coefficient (Wildman–Crippen LogP) is 1.60. The number of nitrogens with one attached hydrogen (secondary N) is 1. The van der Waals surface area contributed by atoms with E-state index in [1.807, 2.05) is 6.92 Å². The van der Waals surface area contributed by atoms with Gasteiger partial charge in [-0.25, -0.2) is 0 Å². The second-order valence-corrected chi connectivity index (χ2v) is 4.79. The van der Waals surface area contributed by atoms with Crippen LogP contribution in [0.25, 0.3) is 0 Å². The first-order valence-corrected chi connectivity index (χ1v) is 6.21. The van der Waals surface area contributed by atoms with E-state index in [2.05, 4.69) is 14.9 Å².